The highest BCUT2D eigenvalue weighted by molar-refractivity contribution is 7.89. The van der Waals surface area contributed by atoms with Crippen molar-refractivity contribution in [3.8, 4) is 0 Å². The number of benzene rings is 2. The first kappa shape index (κ1) is 21.9. The first-order valence-electron chi connectivity index (χ1n) is 9.12. The van der Waals surface area contributed by atoms with E-state index in [0.717, 1.165) is 9.99 Å². The molecule has 1 atom stereocenters. The van der Waals surface area contributed by atoms with E-state index in [1.807, 2.05) is 24.3 Å². The van der Waals surface area contributed by atoms with E-state index in [1.165, 1.54) is 31.8 Å². The Balaban J connectivity index is 2.07. The monoisotopic (exact) mass is 403 g/mol. The molecule has 0 bridgehead atoms. The van der Waals surface area contributed by atoms with Crippen LogP contribution in [-0.2, 0) is 20.2 Å². The molecule has 2 N–H and O–H groups in total. The zero-order valence-electron chi connectivity index (χ0n) is 17.3. The average molecular weight is 404 g/mol. The average Bonchev–Trinajstić information content (AvgIpc) is 2.61. The fourth-order valence-electron chi connectivity index (χ4n) is 2.58. The second kappa shape index (κ2) is 8.32. The van der Waals surface area contributed by atoms with E-state index < -0.39 is 16.1 Å². The number of rotatable bonds is 6. The minimum Gasteiger partial charge on any atom is -0.374 e. The molecule has 0 heterocycles. The summed E-state index contributed by atoms with van der Waals surface area (Å²) in [5, 5.41) is 5.93. The number of amides is 1. The molecule has 0 aliphatic rings. The van der Waals surface area contributed by atoms with Crippen LogP contribution < -0.4 is 10.6 Å². The van der Waals surface area contributed by atoms with Gasteiger partial charge in [0.25, 0.3) is 0 Å². The van der Waals surface area contributed by atoms with Crippen LogP contribution in [0.1, 0.15) is 33.3 Å². The SMILES string of the molecule is CC(Nc1ccc(C(C)(C)C)cc1)C(=O)Nc1cccc(S(=O)(=O)N(C)C)c1. The Hall–Kier alpha value is -2.38. The lowest BCUT2D eigenvalue weighted by atomic mass is 9.87. The number of sulfonamides is 1. The van der Waals surface area contributed by atoms with Gasteiger partial charge < -0.3 is 10.6 Å². The third-order valence-electron chi connectivity index (χ3n) is 4.41. The molecule has 152 valence electrons. The summed E-state index contributed by atoms with van der Waals surface area (Å²) >= 11 is 0. The predicted octanol–water partition coefficient (Wildman–Crippen LogP) is 3.67. The molecular formula is C21H29N3O3S. The summed E-state index contributed by atoms with van der Waals surface area (Å²) in [6.07, 6.45) is 0. The Labute approximate surface area is 168 Å². The van der Waals surface area contributed by atoms with Crippen molar-refractivity contribution in [2.45, 2.75) is 44.0 Å². The molecule has 1 amide bonds. The number of hydrogen-bond acceptors (Lipinski definition) is 4. The van der Waals surface area contributed by atoms with E-state index in [0.29, 0.717) is 5.69 Å². The molecule has 0 aliphatic carbocycles. The van der Waals surface area contributed by atoms with Crippen molar-refractivity contribution in [2.24, 2.45) is 0 Å². The Morgan fingerprint density at radius 2 is 1.61 bits per heavy atom. The summed E-state index contributed by atoms with van der Waals surface area (Å²) in [5.41, 5.74) is 2.57. The van der Waals surface area contributed by atoms with E-state index >= 15 is 0 Å². The largest absolute Gasteiger partial charge is 0.374 e. The van der Waals surface area contributed by atoms with Crippen molar-refractivity contribution >= 4 is 27.3 Å². The Morgan fingerprint density at radius 3 is 2.14 bits per heavy atom. The maximum Gasteiger partial charge on any atom is 0.246 e. The fourth-order valence-corrected chi connectivity index (χ4v) is 3.53. The van der Waals surface area contributed by atoms with Crippen LogP contribution in [-0.4, -0.2) is 38.8 Å². The standard InChI is InChI=1S/C21H29N3O3S/c1-15(22-17-12-10-16(11-13-17)21(2,3)4)20(25)23-18-8-7-9-19(14-18)28(26,27)24(5)6/h7-15,22H,1-6H3,(H,23,25). The fraction of sp³-hybridized carbons (Fsp3) is 0.381. The van der Waals surface area contributed by atoms with Gasteiger partial charge in [-0.2, -0.15) is 0 Å². The molecule has 1 unspecified atom stereocenters. The van der Waals surface area contributed by atoms with Crippen LogP contribution in [0.2, 0.25) is 0 Å². The van der Waals surface area contributed by atoms with Gasteiger partial charge in [0, 0.05) is 25.5 Å². The molecule has 7 heteroatoms. The van der Waals surface area contributed by atoms with Crippen molar-refractivity contribution in [1.82, 2.24) is 4.31 Å². The maximum absolute atomic E-state index is 12.5. The molecule has 0 aliphatic heterocycles. The molecule has 2 rings (SSSR count). The highest BCUT2D eigenvalue weighted by Gasteiger charge is 2.19. The number of hydrogen-bond donors (Lipinski definition) is 2. The summed E-state index contributed by atoms with van der Waals surface area (Å²) in [6.45, 7) is 8.20. The van der Waals surface area contributed by atoms with E-state index in [1.54, 1.807) is 19.1 Å². The second-order valence-electron chi connectivity index (χ2n) is 8.00. The first-order valence-corrected chi connectivity index (χ1v) is 10.6. The molecule has 28 heavy (non-hydrogen) atoms. The molecule has 0 fully saturated rings. The molecule has 0 saturated carbocycles. The normalized spacial score (nSPS) is 13.2. The lowest BCUT2D eigenvalue weighted by molar-refractivity contribution is -0.116. The molecule has 0 radical (unpaired) electrons. The van der Waals surface area contributed by atoms with Crippen LogP contribution in [0.4, 0.5) is 11.4 Å². The number of nitrogens with zero attached hydrogens (tertiary/aromatic N) is 1. The van der Waals surface area contributed by atoms with Crippen LogP contribution in [0.3, 0.4) is 0 Å². The highest BCUT2D eigenvalue weighted by atomic mass is 32.2. The van der Waals surface area contributed by atoms with Gasteiger partial charge in [-0.1, -0.05) is 39.0 Å². The number of carbonyl (C=O) groups excluding carboxylic acids is 1. The number of anilines is 2. The highest BCUT2D eigenvalue weighted by Crippen LogP contribution is 2.24. The van der Waals surface area contributed by atoms with E-state index in [2.05, 4.69) is 31.4 Å². The Morgan fingerprint density at radius 1 is 1.00 bits per heavy atom. The van der Waals surface area contributed by atoms with Crippen molar-refractivity contribution < 1.29 is 13.2 Å². The quantitative estimate of drug-likeness (QED) is 0.771. The second-order valence-corrected chi connectivity index (χ2v) is 10.1. The van der Waals surface area contributed by atoms with Crippen LogP contribution in [0.25, 0.3) is 0 Å². The smallest absolute Gasteiger partial charge is 0.246 e. The summed E-state index contributed by atoms with van der Waals surface area (Å²) in [7, 11) is -0.614. The molecule has 2 aromatic carbocycles. The zero-order chi connectivity index (χ0) is 21.1. The molecule has 0 saturated heterocycles. The van der Waals surface area contributed by atoms with Gasteiger partial charge in [0.05, 0.1) is 4.90 Å². The van der Waals surface area contributed by atoms with Crippen molar-refractivity contribution in [3.05, 3.63) is 54.1 Å². The lowest BCUT2D eigenvalue weighted by Gasteiger charge is -2.20. The van der Waals surface area contributed by atoms with Gasteiger partial charge in [-0.3, -0.25) is 4.79 Å². The van der Waals surface area contributed by atoms with Crippen molar-refractivity contribution in [1.29, 1.82) is 0 Å². The molecule has 0 spiro atoms. The van der Waals surface area contributed by atoms with Gasteiger partial charge >= 0.3 is 0 Å². The zero-order valence-corrected chi connectivity index (χ0v) is 18.1. The Bertz CT molecular complexity index is 930. The van der Waals surface area contributed by atoms with Gasteiger partial charge in [-0.25, -0.2) is 12.7 Å². The van der Waals surface area contributed by atoms with Crippen LogP contribution >= 0.6 is 0 Å². The van der Waals surface area contributed by atoms with Crippen LogP contribution in [0.5, 0.6) is 0 Å². The van der Waals surface area contributed by atoms with Gasteiger partial charge in [0.15, 0.2) is 0 Å². The summed E-state index contributed by atoms with van der Waals surface area (Å²) in [6, 6.07) is 13.7. The predicted molar refractivity (Wildman–Crippen MR) is 114 cm³/mol. The molecule has 6 nitrogen and oxygen atoms in total. The van der Waals surface area contributed by atoms with E-state index in [9.17, 15) is 13.2 Å². The minimum atomic E-state index is -3.55. The number of carbonyl (C=O) groups is 1. The van der Waals surface area contributed by atoms with Gasteiger partial charge in [0.2, 0.25) is 15.9 Å². The van der Waals surface area contributed by atoms with Gasteiger partial charge in [0.1, 0.15) is 6.04 Å². The van der Waals surface area contributed by atoms with Gasteiger partial charge in [-0.05, 0) is 48.2 Å². The van der Waals surface area contributed by atoms with Crippen LogP contribution in [0.15, 0.2) is 53.4 Å². The molecular weight excluding hydrogens is 374 g/mol. The van der Waals surface area contributed by atoms with Crippen molar-refractivity contribution in [2.75, 3.05) is 24.7 Å². The molecule has 2 aromatic rings. The third-order valence-corrected chi connectivity index (χ3v) is 6.22. The summed E-state index contributed by atoms with van der Waals surface area (Å²) in [5.74, 6) is -0.251. The lowest BCUT2D eigenvalue weighted by Crippen LogP contribution is -2.32. The topological polar surface area (TPSA) is 78.5 Å². The number of nitrogens with one attached hydrogen (secondary N) is 2. The van der Waals surface area contributed by atoms with Crippen LogP contribution in [0, 0.1) is 0 Å². The first-order chi connectivity index (χ1) is 12.9. The minimum absolute atomic E-state index is 0.0689. The summed E-state index contributed by atoms with van der Waals surface area (Å²) in [4.78, 5) is 12.6. The van der Waals surface area contributed by atoms with E-state index in [-0.39, 0.29) is 16.2 Å². The summed E-state index contributed by atoms with van der Waals surface area (Å²) < 4.78 is 25.6. The van der Waals surface area contributed by atoms with Crippen molar-refractivity contribution in [3.63, 3.8) is 0 Å². The van der Waals surface area contributed by atoms with E-state index in [4.69, 9.17) is 0 Å². The third kappa shape index (κ3) is 5.33. The van der Waals surface area contributed by atoms with Gasteiger partial charge in [-0.15, -0.1) is 0 Å². The molecule has 0 aromatic heterocycles. The Kier molecular flexibility index (Phi) is 6.52. The maximum atomic E-state index is 12.5.